The maximum Gasteiger partial charge on any atom is 0.322 e. The summed E-state index contributed by atoms with van der Waals surface area (Å²) in [4.78, 5) is 108. The van der Waals surface area contributed by atoms with Crippen LogP contribution < -0.4 is 33.2 Å². The fourth-order valence-corrected chi connectivity index (χ4v) is 5.67. The number of imide groups is 1. The Morgan fingerprint density at radius 3 is 1.65 bits per heavy atom. The van der Waals surface area contributed by atoms with Crippen LogP contribution in [0.4, 0.5) is 0 Å². The Balaban J connectivity index is 5.97. The zero-order valence-corrected chi connectivity index (χ0v) is 26.7. The molecule has 0 spiro atoms. The van der Waals surface area contributed by atoms with Crippen molar-refractivity contribution < 1.29 is 63.6 Å². The first kappa shape index (κ1) is 42.4. The van der Waals surface area contributed by atoms with Crippen LogP contribution in [0.25, 0.3) is 0 Å². The number of hydrogen-bond donors (Lipinski definition) is 11. The number of rotatable bonds is 23. The quantitative estimate of drug-likeness (QED) is 0.0270. The second-order valence-electron chi connectivity index (χ2n) is 9.29. The predicted octanol–water partition coefficient (Wildman–Crippen LogP) is -4.38. The van der Waals surface area contributed by atoms with Gasteiger partial charge in [-0.25, -0.2) is 0 Å². The summed E-state index contributed by atoms with van der Waals surface area (Å²) in [6.07, 6.45) is -1.70. The number of nitrogens with one attached hydrogen (secondary N) is 3. The summed E-state index contributed by atoms with van der Waals surface area (Å²) in [7, 11) is 1.62. The summed E-state index contributed by atoms with van der Waals surface area (Å²) in [6.45, 7) is -1.69. The number of amides is 5. The van der Waals surface area contributed by atoms with Gasteiger partial charge in [-0.15, -0.1) is 0 Å². The van der Waals surface area contributed by atoms with Gasteiger partial charge in [-0.3, -0.25) is 48.1 Å². The van der Waals surface area contributed by atoms with Crippen LogP contribution in [0.5, 0.6) is 0 Å². The Morgan fingerprint density at radius 1 is 0.696 bits per heavy atom. The van der Waals surface area contributed by atoms with Crippen LogP contribution in [0.2, 0.25) is 0 Å². The van der Waals surface area contributed by atoms with Crippen LogP contribution in [0.3, 0.4) is 0 Å². The van der Waals surface area contributed by atoms with Crippen LogP contribution >= 0.6 is 34.2 Å². The number of hydrogen-bond acceptors (Lipinski definition) is 15. The highest BCUT2D eigenvalue weighted by atomic mass is 33.1. The van der Waals surface area contributed by atoms with Gasteiger partial charge < -0.3 is 53.6 Å². The van der Waals surface area contributed by atoms with E-state index in [-0.39, 0.29) is 17.9 Å². The molecule has 260 valence electrons. The van der Waals surface area contributed by atoms with E-state index < -0.39 is 122 Å². The van der Waals surface area contributed by atoms with Crippen LogP contribution in [-0.4, -0.2) is 139 Å². The molecule has 0 unspecified atom stereocenters. The van der Waals surface area contributed by atoms with Gasteiger partial charge in [0.05, 0.1) is 6.04 Å². The molecule has 5 amide bonds. The number of thiol groups is 1. The van der Waals surface area contributed by atoms with E-state index in [0.29, 0.717) is 4.90 Å². The van der Waals surface area contributed by atoms with Gasteiger partial charge in [-0.05, 0) is 12.8 Å². The maximum absolute atomic E-state index is 13.1. The van der Waals surface area contributed by atoms with Gasteiger partial charge in [-0.1, -0.05) is 21.6 Å². The standard InChI is InChI=1S/C23H37N7O13S3/c24-10(22(40)41)1-3-15(31)29-13(19(37)27-5-17(33)34)8-45-46-9-14(20(38)28-6-18(35)36)30(21(39)12(26)7-44)16(32)4-2-11(25)23(42)43/h10-14,44H,1-9,24-26H2,(H,27,37)(H,28,38)(H,29,31)(H,33,34)(H,35,36)(H,40,41)(H,42,43)/t10-,11-,12-,13-,14-/m0/s1. The van der Waals surface area contributed by atoms with Crippen LogP contribution in [0.1, 0.15) is 25.7 Å². The Kier molecular flexibility index (Phi) is 20.2. The first-order valence-corrected chi connectivity index (χ1v) is 16.3. The van der Waals surface area contributed by atoms with E-state index in [1.165, 1.54) is 0 Å². The molecule has 0 saturated carbocycles. The molecule has 0 fully saturated rings. The van der Waals surface area contributed by atoms with Gasteiger partial charge >= 0.3 is 23.9 Å². The van der Waals surface area contributed by atoms with Crippen molar-refractivity contribution in [2.45, 2.75) is 55.9 Å². The number of carboxylic acids is 4. The average molecular weight is 716 g/mol. The molecule has 0 aromatic heterocycles. The first-order valence-electron chi connectivity index (χ1n) is 13.1. The minimum absolute atomic E-state index is 0.271. The van der Waals surface area contributed by atoms with E-state index in [2.05, 4.69) is 28.6 Å². The van der Waals surface area contributed by atoms with Gasteiger partial charge in [0, 0.05) is 30.1 Å². The minimum atomic E-state index is -1.70. The Labute approximate surface area is 275 Å². The predicted molar refractivity (Wildman–Crippen MR) is 165 cm³/mol. The van der Waals surface area contributed by atoms with Gasteiger partial charge in [-0.2, -0.15) is 12.6 Å². The van der Waals surface area contributed by atoms with Crippen LogP contribution in [-0.2, 0) is 43.2 Å². The first-order chi connectivity index (χ1) is 21.4. The molecule has 0 aliphatic heterocycles. The smallest absolute Gasteiger partial charge is 0.322 e. The summed E-state index contributed by atoms with van der Waals surface area (Å²) in [6, 6.07) is -7.32. The van der Waals surface area contributed by atoms with Crippen molar-refractivity contribution in [2.24, 2.45) is 17.2 Å². The molecule has 13 N–H and O–H groups in total. The highest BCUT2D eigenvalue weighted by Crippen LogP contribution is 2.26. The SMILES string of the molecule is N[C@@H](CCC(=O)N[C@@H](CSSC[C@@H](C(=O)NCC(=O)O)N(C(=O)CC[C@H](N)C(=O)O)C(=O)[C@@H](N)CS)C(=O)NCC(=O)O)C(=O)O. The van der Waals surface area contributed by atoms with Gasteiger partial charge in [0.1, 0.15) is 37.3 Å². The molecular weight excluding hydrogens is 678 g/mol. The molecule has 0 bridgehead atoms. The number of carbonyl (C=O) groups excluding carboxylic acids is 5. The van der Waals surface area contributed by atoms with Crippen molar-refractivity contribution in [1.82, 2.24) is 20.9 Å². The Hall–Kier alpha value is -3.64. The lowest BCUT2D eigenvalue weighted by atomic mass is 10.1. The molecule has 0 aromatic rings. The summed E-state index contributed by atoms with van der Waals surface area (Å²) >= 11 is 3.92. The number of carboxylic acid groups (broad SMARTS) is 4. The van der Waals surface area contributed by atoms with E-state index in [4.69, 9.17) is 37.6 Å². The lowest BCUT2D eigenvalue weighted by Crippen LogP contribution is -2.58. The molecule has 23 heteroatoms. The molecule has 0 rings (SSSR count). The average Bonchev–Trinajstić information content (AvgIpc) is 2.99. The minimum Gasteiger partial charge on any atom is -0.480 e. The highest BCUT2D eigenvalue weighted by Gasteiger charge is 2.37. The maximum atomic E-state index is 13.1. The monoisotopic (exact) mass is 715 g/mol. The van der Waals surface area contributed by atoms with E-state index in [9.17, 15) is 43.2 Å². The Bertz CT molecular complexity index is 1150. The zero-order chi connectivity index (χ0) is 35.6. The summed E-state index contributed by atoms with van der Waals surface area (Å²) in [5, 5.41) is 42.2. The number of aliphatic carboxylic acids is 4. The van der Waals surface area contributed by atoms with E-state index >= 15 is 0 Å². The molecule has 0 aromatic carbocycles. The van der Waals surface area contributed by atoms with Crippen molar-refractivity contribution in [2.75, 3.05) is 30.3 Å². The molecule has 0 aliphatic carbocycles. The fourth-order valence-electron chi connectivity index (χ4n) is 3.15. The molecule has 0 heterocycles. The van der Waals surface area contributed by atoms with Crippen molar-refractivity contribution in [1.29, 1.82) is 0 Å². The normalized spacial score (nSPS) is 14.0. The largest absolute Gasteiger partial charge is 0.480 e. The van der Waals surface area contributed by atoms with E-state index in [1.54, 1.807) is 0 Å². The fraction of sp³-hybridized carbons (Fsp3) is 0.609. The summed E-state index contributed by atoms with van der Waals surface area (Å²) < 4.78 is 0. The van der Waals surface area contributed by atoms with E-state index in [0.717, 1.165) is 21.6 Å². The molecule has 0 radical (unpaired) electrons. The van der Waals surface area contributed by atoms with Gasteiger partial charge in [0.2, 0.25) is 29.5 Å². The molecular formula is C23H37N7O13S3. The lowest BCUT2D eigenvalue weighted by molar-refractivity contribution is -0.152. The summed E-state index contributed by atoms with van der Waals surface area (Å²) in [5.74, 6) is -11.5. The lowest BCUT2D eigenvalue weighted by Gasteiger charge is -2.31. The molecule has 5 atom stereocenters. The third kappa shape index (κ3) is 16.6. The second kappa shape index (κ2) is 22.0. The van der Waals surface area contributed by atoms with Crippen LogP contribution in [0.15, 0.2) is 0 Å². The number of nitrogens with zero attached hydrogens (tertiary/aromatic N) is 1. The van der Waals surface area contributed by atoms with E-state index in [1.807, 2.05) is 0 Å². The van der Waals surface area contributed by atoms with Crippen molar-refractivity contribution in [3.05, 3.63) is 0 Å². The van der Waals surface area contributed by atoms with Crippen LogP contribution in [0, 0.1) is 0 Å². The number of carbonyl (C=O) groups is 9. The highest BCUT2D eigenvalue weighted by molar-refractivity contribution is 8.76. The molecule has 20 nitrogen and oxygen atoms in total. The third-order valence-electron chi connectivity index (χ3n) is 5.64. The van der Waals surface area contributed by atoms with Gasteiger partial charge in [0.15, 0.2) is 0 Å². The van der Waals surface area contributed by atoms with Crippen molar-refractivity contribution >= 4 is 87.6 Å². The third-order valence-corrected chi connectivity index (χ3v) is 8.44. The molecule has 0 saturated heterocycles. The van der Waals surface area contributed by atoms with Gasteiger partial charge in [0.25, 0.3) is 0 Å². The zero-order valence-electron chi connectivity index (χ0n) is 24.2. The molecule has 46 heavy (non-hydrogen) atoms. The second-order valence-corrected chi connectivity index (χ2v) is 12.2. The van der Waals surface area contributed by atoms with Crippen molar-refractivity contribution in [3.63, 3.8) is 0 Å². The topological polar surface area (TPSA) is 352 Å². The number of nitrogens with two attached hydrogens (primary N) is 3. The summed E-state index contributed by atoms with van der Waals surface area (Å²) in [5.41, 5.74) is 16.6. The van der Waals surface area contributed by atoms with Crippen molar-refractivity contribution in [3.8, 4) is 0 Å². The molecule has 0 aliphatic rings. The Morgan fingerprint density at radius 2 is 1.17 bits per heavy atom.